The fraction of sp³-hybridized carbons (Fsp3) is 0.438. The van der Waals surface area contributed by atoms with Gasteiger partial charge in [-0.25, -0.2) is 22.7 Å². The lowest BCUT2D eigenvalue weighted by Gasteiger charge is -2.23. The number of hydrogen-bond donors (Lipinski definition) is 2. The standard InChI is InChI=1S/C16H22FN3O6S/c1-16(2,3)19-13(21)8-20(4)14(22)9-26-15(23)11-7-10(27(18,24)25)5-6-12(11)17/h5-7H,8-9H2,1-4H3,(H,19,21)(H2,18,24,25). The van der Waals surface area contributed by atoms with Gasteiger partial charge in [-0.3, -0.25) is 9.59 Å². The summed E-state index contributed by atoms with van der Waals surface area (Å²) in [4.78, 5) is 36.2. The molecule has 3 N–H and O–H groups in total. The molecule has 0 heterocycles. The van der Waals surface area contributed by atoms with Crippen LogP contribution in [-0.2, 0) is 24.3 Å². The van der Waals surface area contributed by atoms with Crippen molar-refractivity contribution in [2.24, 2.45) is 5.14 Å². The number of sulfonamides is 1. The average Bonchev–Trinajstić information content (AvgIpc) is 2.49. The number of halogens is 1. The smallest absolute Gasteiger partial charge is 0.341 e. The molecule has 1 aromatic rings. The van der Waals surface area contributed by atoms with E-state index in [0.29, 0.717) is 0 Å². The van der Waals surface area contributed by atoms with Crippen molar-refractivity contribution in [2.75, 3.05) is 20.2 Å². The monoisotopic (exact) mass is 403 g/mol. The number of hydrogen-bond acceptors (Lipinski definition) is 6. The topological polar surface area (TPSA) is 136 Å². The molecule has 0 saturated heterocycles. The Hall–Kier alpha value is -2.53. The summed E-state index contributed by atoms with van der Waals surface area (Å²) in [6.45, 7) is 4.32. The van der Waals surface area contributed by atoms with Crippen LogP contribution in [0.15, 0.2) is 23.1 Å². The molecular formula is C16H22FN3O6S. The van der Waals surface area contributed by atoms with Gasteiger partial charge in [-0.05, 0) is 39.0 Å². The Kier molecular flexibility index (Phi) is 7.04. The van der Waals surface area contributed by atoms with Gasteiger partial charge < -0.3 is 15.0 Å². The molecule has 27 heavy (non-hydrogen) atoms. The summed E-state index contributed by atoms with van der Waals surface area (Å²) in [5.41, 5.74) is -1.15. The molecule has 150 valence electrons. The molecule has 0 aliphatic carbocycles. The number of nitrogens with zero attached hydrogens (tertiary/aromatic N) is 1. The first kappa shape index (κ1) is 22.5. The normalized spacial score (nSPS) is 11.6. The van der Waals surface area contributed by atoms with E-state index < -0.39 is 56.2 Å². The maximum Gasteiger partial charge on any atom is 0.341 e. The van der Waals surface area contributed by atoms with Gasteiger partial charge in [0.25, 0.3) is 5.91 Å². The van der Waals surface area contributed by atoms with Crippen molar-refractivity contribution in [1.29, 1.82) is 0 Å². The molecule has 0 bridgehead atoms. The Morgan fingerprint density at radius 2 is 1.85 bits per heavy atom. The summed E-state index contributed by atoms with van der Waals surface area (Å²) in [7, 11) is -2.81. The van der Waals surface area contributed by atoms with E-state index in [1.807, 2.05) is 0 Å². The third-order valence-electron chi connectivity index (χ3n) is 3.13. The van der Waals surface area contributed by atoms with E-state index in [1.165, 1.54) is 7.05 Å². The highest BCUT2D eigenvalue weighted by molar-refractivity contribution is 7.89. The van der Waals surface area contributed by atoms with Gasteiger partial charge in [-0.15, -0.1) is 0 Å². The molecule has 0 unspecified atom stereocenters. The van der Waals surface area contributed by atoms with Crippen LogP contribution in [0.3, 0.4) is 0 Å². The number of ether oxygens (including phenoxy) is 1. The third kappa shape index (κ3) is 7.31. The Morgan fingerprint density at radius 3 is 2.37 bits per heavy atom. The van der Waals surface area contributed by atoms with E-state index in [4.69, 9.17) is 9.88 Å². The number of carbonyl (C=O) groups is 3. The molecule has 0 aromatic heterocycles. The summed E-state index contributed by atoms with van der Waals surface area (Å²) < 4.78 is 41.0. The minimum atomic E-state index is -4.14. The maximum absolute atomic E-state index is 13.7. The molecule has 0 aliphatic rings. The summed E-state index contributed by atoms with van der Waals surface area (Å²) in [6, 6.07) is 2.37. The van der Waals surface area contributed by atoms with Gasteiger partial charge in [-0.1, -0.05) is 0 Å². The average molecular weight is 403 g/mol. The Bertz CT molecular complexity index is 848. The van der Waals surface area contributed by atoms with Gasteiger partial charge in [-0.2, -0.15) is 0 Å². The summed E-state index contributed by atoms with van der Waals surface area (Å²) in [6.07, 6.45) is 0. The van der Waals surface area contributed by atoms with Crippen molar-refractivity contribution in [2.45, 2.75) is 31.2 Å². The van der Waals surface area contributed by atoms with Crippen LogP contribution in [0.2, 0.25) is 0 Å². The third-order valence-corrected chi connectivity index (χ3v) is 4.04. The number of benzene rings is 1. The summed E-state index contributed by atoms with van der Waals surface area (Å²) >= 11 is 0. The van der Waals surface area contributed by atoms with Gasteiger partial charge in [0.15, 0.2) is 6.61 Å². The molecule has 0 saturated carbocycles. The zero-order chi connectivity index (χ0) is 21.0. The van der Waals surface area contributed by atoms with Gasteiger partial charge in [0.1, 0.15) is 5.82 Å². The van der Waals surface area contributed by atoms with Gasteiger partial charge in [0.05, 0.1) is 17.0 Å². The van der Waals surface area contributed by atoms with Crippen LogP contribution >= 0.6 is 0 Å². The van der Waals surface area contributed by atoms with E-state index in [-0.39, 0.29) is 6.54 Å². The molecule has 1 rings (SSSR count). The van der Waals surface area contributed by atoms with E-state index in [2.05, 4.69) is 5.32 Å². The summed E-state index contributed by atoms with van der Waals surface area (Å²) in [5.74, 6) is -3.37. The highest BCUT2D eigenvalue weighted by Gasteiger charge is 2.21. The molecular weight excluding hydrogens is 381 g/mol. The predicted molar refractivity (Wildman–Crippen MR) is 93.6 cm³/mol. The zero-order valence-electron chi connectivity index (χ0n) is 15.4. The van der Waals surface area contributed by atoms with Crippen LogP contribution in [0.25, 0.3) is 0 Å². The SMILES string of the molecule is CN(CC(=O)NC(C)(C)C)C(=O)COC(=O)c1cc(S(N)(=O)=O)ccc1F. The van der Waals surface area contributed by atoms with E-state index in [0.717, 1.165) is 23.1 Å². The number of likely N-dealkylation sites (N-methyl/N-ethyl adjacent to an activating group) is 1. The second kappa shape index (κ2) is 8.44. The van der Waals surface area contributed by atoms with Gasteiger partial charge in [0, 0.05) is 12.6 Å². The van der Waals surface area contributed by atoms with Crippen molar-refractivity contribution in [3.8, 4) is 0 Å². The Balaban J connectivity index is 2.71. The number of nitrogens with two attached hydrogens (primary N) is 1. The Morgan fingerprint density at radius 1 is 1.26 bits per heavy atom. The maximum atomic E-state index is 13.7. The van der Waals surface area contributed by atoms with Gasteiger partial charge in [0.2, 0.25) is 15.9 Å². The van der Waals surface area contributed by atoms with Crippen LogP contribution in [0, 0.1) is 5.82 Å². The van der Waals surface area contributed by atoms with Crippen LogP contribution in [0.4, 0.5) is 4.39 Å². The van der Waals surface area contributed by atoms with Crippen molar-refractivity contribution >= 4 is 27.8 Å². The molecule has 0 aliphatic heterocycles. The molecule has 1 aromatic carbocycles. The fourth-order valence-electron chi connectivity index (χ4n) is 1.91. The zero-order valence-corrected chi connectivity index (χ0v) is 16.2. The van der Waals surface area contributed by atoms with Crippen molar-refractivity contribution in [3.63, 3.8) is 0 Å². The van der Waals surface area contributed by atoms with Crippen LogP contribution < -0.4 is 10.5 Å². The second-order valence-electron chi connectivity index (χ2n) is 6.81. The largest absolute Gasteiger partial charge is 0.452 e. The lowest BCUT2D eigenvalue weighted by Crippen LogP contribution is -2.46. The van der Waals surface area contributed by atoms with Crippen LogP contribution in [0.1, 0.15) is 31.1 Å². The number of carbonyl (C=O) groups excluding carboxylic acids is 3. The minimum Gasteiger partial charge on any atom is -0.452 e. The summed E-state index contributed by atoms with van der Waals surface area (Å²) in [5, 5.41) is 7.59. The highest BCUT2D eigenvalue weighted by atomic mass is 32.2. The fourth-order valence-corrected chi connectivity index (χ4v) is 2.45. The molecule has 0 fully saturated rings. The van der Waals surface area contributed by atoms with Crippen molar-refractivity contribution < 1.29 is 31.9 Å². The van der Waals surface area contributed by atoms with Crippen LogP contribution in [-0.4, -0.2) is 56.8 Å². The number of amides is 2. The van der Waals surface area contributed by atoms with Crippen molar-refractivity contribution in [3.05, 3.63) is 29.6 Å². The lowest BCUT2D eigenvalue weighted by atomic mass is 10.1. The van der Waals surface area contributed by atoms with Crippen LogP contribution in [0.5, 0.6) is 0 Å². The van der Waals surface area contributed by atoms with E-state index >= 15 is 0 Å². The van der Waals surface area contributed by atoms with Crippen molar-refractivity contribution in [1.82, 2.24) is 10.2 Å². The minimum absolute atomic E-state index is 0.261. The molecule has 0 radical (unpaired) electrons. The number of nitrogens with one attached hydrogen (secondary N) is 1. The number of esters is 1. The Labute approximate surface area is 156 Å². The molecule has 11 heteroatoms. The lowest BCUT2D eigenvalue weighted by molar-refractivity contribution is -0.137. The molecule has 9 nitrogen and oxygen atoms in total. The quantitative estimate of drug-likeness (QED) is 0.642. The number of rotatable bonds is 6. The second-order valence-corrected chi connectivity index (χ2v) is 8.37. The van der Waals surface area contributed by atoms with E-state index in [9.17, 15) is 27.2 Å². The molecule has 2 amide bonds. The van der Waals surface area contributed by atoms with Gasteiger partial charge >= 0.3 is 5.97 Å². The predicted octanol–water partition coefficient (Wildman–Crippen LogP) is 0.00300. The highest BCUT2D eigenvalue weighted by Crippen LogP contribution is 2.15. The first-order chi connectivity index (χ1) is 12.2. The molecule has 0 atom stereocenters. The first-order valence-corrected chi connectivity index (χ1v) is 9.30. The number of primary sulfonamides is 1. The first-order valence-electron chi connectivity index (χ1n) is 7.75. The van der Waals surface area contributed by atoms with E-state index in [1.54, 1.807) is 20.8 Å². The molecule has 0 spiro atoms.